The quantitative estimate of drug-likeness (QED) is 0.263. The molecule has 7 heteroatoms. The lowest BCUT2D eigenvalue weighted by molar-refractivity contribution is 0.458. The van der Waals surface area contributed by atoms with Crippen molar-refractivity contribution in [2.24, 2.45) is 10.9 Å². The summed E-state index contributed by atoms with van der Waals surface area (Å²) < 4.78 is 1.96. The molecule has 27 heavy (non-hydrogen) atoms. The smallest absolute Gasteiger partial charge is 0.191 e. The Bertz CT molecular complexity index is 824. The zero-order valence-corrected chi connectivity index (χ0v) is 18.3. The topological polar surface area (TPSA) is 70.0 Å². The Morgan fingerprint density at radius 1 is 1.26 bits per heavy atom. The Kier molecular flexibility index (Phi) is 8.63. The van der Waals surface area contributed by atoms with Gasteiger partial charge >= 0.3 is 0 Å². The second-order valence-electron chi connectivity index (χ2n) is 6.59. The molecule has 1 aromatic carbocycles. The molecule has 6 nitrogen and oxygen atoms in total. The molecule has 0 aliphatic rings. The van der Waals surface area contributed by atoms with E-state index in [1.54, 1.807) is 0 Å². The number of nitrogens with zero attached hydrogens (tertiary/aromatic N) is 3. The fraction of sp³-hybridized carbons (Fsp3) is 0.400. The number of H-pyrrole nitrogens is 1. The minimum Gasteiger partial charge on any atom is -0.361 e. The standard InChI is InChI=1S/C20H28N6.HI/c1-3-21-20(24-13-16(2)15-26-12-6-10-25-26)22-11-9-17-14-23-19-8-5-4-7-18(17)19;/h4-8,10,12,14,16,23H,3,9,11,13,15H2,1-2H3,(H2,21,22,24);1H. The van der Waals surface area contributed by atoms with Gasteiger partial charge in [0, 0.05) is 55.7 Å². The minimum absolute atomic E-state index is 0. The summed E-state index contributed by atoms with van der Waals surface area (Å²) in [6.07, 6.45) is 6.86. The van der Waals surface area contributed by atoms with E-state index >= 15 is 0 Å². The molecule has 3 aromatic rings. The van der Waals surface area contributed by atoms with Gasteiger partial charge in [-0.1, -0.05) is 25.1 Å². The van der Waals surface area contributed by atoms with E-state index in [1.807, 2.05) is 23.1 Å². The molecule has 3 N–H and O–H groups in total. The molecule has 0 saturated carbocycles. The van der Waals surface area contributed by atoms with Gasteiger partial charge in [0.05, 0.1) is 0 Å². The fourth-order valence-corrected chi connectivity index (χ4v) is 3.03. The van der Waals surface area contributed by atoms with Crippen LogP contribution in [0.4, 0.5) is 0 Å². The van der Waals surface area contributed by atoms with E-state index < -0.39 is 0 Å². The number of halogens is 1. The first kappa shape index (κ1) is 21.3. The first-order valence-corrected chi connectivity index (χ1v) is 9.31. The molecule has 0 radical (unpaired) electrons. The molecule has 0 saturated heterocycles. The number of nitrogens with one attached hydrogen (secondary N) is 3. The number of rotatable bonds is 8. The molecular formula is C20H29IN6. The maximum atomic E-state index is 4.72. The van der Waals surface area contributed by atoms with Gasteiger partial charge in [0.15, 0.2) is 5.96 Å². The monoisotopic (exact) mass is 480 g/mol. The number of aromatic amines is 1. The van der Waals surface area contributed by atoms with Crippen molar-refractivity contribution in [2.45, 2.75) is 26.8 Å². The van der Waals surface area contributed by atoms with Crippen LogP contribution in [-0.2, 0) is 13.0 Å². The fourth-order valence-electron chi connectivity index (χ4n) is 3.03. The van der Waals surface area contributed by atoms with Crippen LogP contribution in [0.15, 0.2) is 53.9 Å². The highest BCUT2D eigenvalue weighted by atomic mass is 127. The van der Waals surface area contributed by atoms with E-state index in [2.05, 4.69) is 65.0 Å². The summed E-state index contributed by atoms with van der Waals surface area (Å²) in [4.78, 5) is 8.05. The molecule has 0 spiro atoms. The van der Waals surface area contributed by atoms with Crippen LogP contribution in [0.1, 0.15) is 19.4 Å². The van der Waals surface area contributed by atoms with Gasteiger partial charge in [-0.15, -0.1) is 24.0 Å². The molecule has 0 bridgehead atoms. The molecule has 2 aromatic heterocycles. The maximum Gasteiger partial charge on any atom is 0.191 e. The van der Waals surface area contributed by atoms with Crippen LogP contribution in [0.2, 0.25) is 0 Å². The summed E-state index contributed by atoms with van der Waals surface area (Å²) in [5.74, 6) is 1.30. The lowest BCUT2D eigenvalue weighted by Gasteiger charge is -2.13. The number of fused-ring (bicyclic) bond motifs is 1. The largest absolute Gasteiger partial charge is 0.361 e. The molecule has 0 aliphatic carbocycles. The first-order chi connectivity index (χ1) is 12.8. The molecule has 0 aliphatic heterocycles. The molecule has 2 heterocycles. The van der Waals surface area contributed by atoms with Crippen molar-refractivity contribution >= 4 is 40.8 Å². The Morgan fingerprint density at radius 3 is 2.89 bits per heavy atom. The van der Waals surface area contributed by atoms with Gasteiger partial charge in [0.25, 0.3) is 0 Å². The van der Waals surface area contributed by atoms with Gasteiger partial charge in [-0.25, -0.2) is 0 Å². The second kappa shape index (κ2) is 11.0. The number of guanidine groups is 1. The van der Waals surface area contributed by atoms with Crippen molar-refractivity contribution in [3.05, 3.63) is 54.5 Å². The van der Waals surface area contributed by atoms with Crippen LogP contribution in [0.25, 0.3) is 10.9 Å². The Morgan fingerprint density at radius 2 is 2.11 bits per heavy atom. The van der Waals surface area contributed by atoms with E-state index in [1.165, 1.54) is 16.5 Å². The van der Waals surface area contributed by atoms with Crippen LogP contribution in [0.3, 0.4) is 0 Å². The van der Waals surface area contributed by atoms with Crippen molar-refractivity contribution in [2.75, 3.05) is 19.6 Å². The van der Waals surface area contributed by atoms with E-state index in [9.17, 15) is 0 Å². The van der Waals surface area contributed by atoms with Crippen LogP contribution in [0, 0.1) is 5.92 Å². The summed E-state index contributed by atoms with van der Waals surface area (Å²) in [7, 11) is 0. The Balaban J connectivity index is 0.00000261. The molecule has 1 unspecified atom stereocenters. The van der Waals surface area contributed by atoms with Gasteiger partial charge in [-0.3, -0.25) is 9.67 Å². The number of aliphatic imine (C=N–C) groups is 1. The van der Waals surface area contributed by atoms with E-state index in [4.69, 9.17) is 4.99 Å². The van der Waals surface area contributed by atoms with Crippen LogP contribution >= 0.6 is 24.0 Å². The van der Waals surface area contributed by atoms with Crippen LogP contribution < -0.4 is 10.6 Å². The molecule has 3 rings (SSSR count). The van der Waals surface area contributed by atoms with E-state index in [-0.39, 0.29) is 24.0 Å². The summed E-state index contributed by atoms with van der Waals surface area (Å²) >= 11 is 0. The third-order valence-corrected chi connectivity index (χ3v) is 4.32. The number of benzene rings is 1. The summed E-state index contributed by atoms with van der Waals surface area (Å²) in [5.41, 5.74) is 2.52. The zero-order valence-electron chi connectivity index (χ0n) is 16.0. The van der Waals surface area contributed by atoms with Crippen molar-refractivity contribution in [3.63, 3.8) is 0 Å². The third-order valence-electron chi connectivity index (χ3n) is 4.32. The van der Waals surface area contributed by atoms with Crippen molar-refractivity contribution < 1.29 is 0 Å². The average molecular weight is 480 g/mol. The Hall–Kier alpha value is -2.03. The van der Waals surface area contributed by atoms with Crippen molar-refractivity contribution in [1.29, 1.82) is 0 Å². The predicted octanol–water partition coefficient (Wildman–Crippen LogP) is 3.42. The van der Waals surface area contributed by atoms with Crippen molar-refractivity contribution in [3.8, 4) is 0 Å². The van der Waals surface area contributed by atoms with Gasteiger partial charge in [0.2, 0.25) is 0 Å². The zero-order chi connectivity index (χ0) is 18.2. The summed E-state index contributed by atoms with van der Waals surface area (Å²) in [6, 6.07) is 10.4. The normalized spacial score (nSPS) is 12.6. The van der Waals surface area contributed by atoms with E-state index in [0.29, 0.717) is 5.92 Å². The highest BCUT2D eigenvalue weighted by Crippen LogP contribution is 2.17. The molecular weight excluding hydrogens is 451 g/mol. The Labute approximate surface area is 177 Å². The van der Waals surface area contributed by atoms with Gasteiger partial charge in [-0.05, 0) is 37.0 Å². The molecule has 146 valence electrons. The summed E-state index contributed by atoms with van der Waals surface area (Å²) in [5, 5.41) is 12.3. The lowest BCUT2D eigenvalue weighted by Crippen LogP contribution is -2.38. The van der Waals surface area contributed by atoms with Crippen LogP contribution in [0.5, 0.6) is 0 Å². The number of hydrogen-bond acceptors (Lipinski definition) is 2. The minimum atomic E-state index is 0. The highest BCUT2D eigenvalue weighted by molar-refractivity contribution is 14.0. The molecule has 1 atom stereocenters. The van der Waals surface area contributed by atoms with Gasteiger partial charge in [0.1, 0.15) is 0 Å². The SMILES string of the molecule is CCNC(=NCC(C)Cn1cccn1)NCCc1c[nH]c2ccccc12.I. The average Bonchev–Trinajstić information content (AvgIpc) is 3.30. The maximum absolute atomic E-state index is 4.72. The van der Waals surface area contributed by atoms with Gasteiger partial charge < -0.3 is 15.6 Å². The first-order valence-electron chi connectivity index (χ1n) is 9.31. The van der Waals surface area contributed by atoms with Crippen molar-refractivity contribution in [1.82, 2.24) is 25.4 Å². The second-order valence-corrected chi connectivity index (χ2v) is 6.59. The molecule has 0 amide bonds. The summed E-state index contributed by atoms with van der Waals surface area (Å²) in [6.45, 7) is 7.63. The number of hydrogen-bond donors (Lipinski definition) is 3. The predicted molar refractivity (Wildman–Crippen MR) is 123 cm³/mol. The van der Waals surface area contributed by atoms with Crippen LogP contribution in [-0.4, -0.2) is 40.4 Å². The number of para-hydroxylation sites is 1. The highest BCUT2D eigenvalue weighted by Gasteiger charge is 2.06. The lowest BCUT2D eigenvalue weighted by atomic mass is 10.1. The van der Waals surface area contributed by atoms with E-state index in [0.717, 1.165) is 38.6 Å². The number of aromatic nitrogens is 3. The third kappa shape index (κ3) is 6.27. The van der Waals surface area contributed by atoms with Gasteiger partial charge in [-0.2, -0.15) is 5.10 Å². The molecule has 0 fully saturated rings.